The Morgan fingerprint density at radius 1 is 0.548 bits per heavy atom. The molecule has 22 heteroatoms. The highest BCUT2D eigenvalue weighted by atomic mass is 16.6. The molecule has 6 fully saturated rings. The van der Waals surface area contributed by atoms with Gasteiger partial charge in [-0.1, -0.05) is 166 Å². The summed E-state index contributed by atoms with van der Waals surface area (Å²) in [5.41, 5.74) is 8.94. The third-order valence-corrected chi connectivity index (χ3v) is 26.1. The van der Waals surface area contributed by atoms with E-state index in [4.69, 9.17) is 49.5 Å². The number of para-hydroxylation sites is 2. The molecule has 4 saturated carbocycles. The van der Waals surface area contributed by atoms with Gasteiger partial charge in [0.15, 0.2) is 6.10 Å². The van der Waals surface area contributed by atoms with Crippen molar-refractivity contribution in [2.45, 2.75) is 195 Å². The van der Waals surface area contributed by atoms with Crippen molar-refractivity contribution in [3.05, 3.63) is 155 Å². The van der Waals surface area contributed by atoms with Crippen LogP contribution in [-0.2, 0) is 66.8 Å². The molecule has 22 nitrogen and oxygen atoms in total. The zero-order chi connectivity index (χ0) is 76.8. The van der Waals surface area contributed by atoms with Crippen molar-refractivity contribution in [2.75, 3.05) is 36.9 Å². The van der Waals surface area contributed by atoms with Crippen molar-refractivity contribution in [1.29, 1.82) is 0 Å². The molecule has 4 aromatic rings. The largest absolute Gasteiger partial charge is 0.460 e. The molecular formula is C82H108N4O18. The van der Waals surface area contributed by atoms with Crippen LogP contribution in [0.25, 0.3) is 0 Å². The first kappa shape index (κ1) is 80.3. The third kappa shape index (κ3) is 13.3. The maximum absolute atomic E-state index is 15.1. The lowest BCUT2D eigenvalue weighted by Crippen LogP contribution is -2.74. The van der Waals surface area contributed by atoms with Crippen LogP contribution in [0, 0.1) is 68.0 Å². The van der Waals surface area contributed by atoms with Crippen LogP contribution in [0.1, 0.15) is 146 Å². The van der Waals surface area contributed by atoms with Crippen LogP contribution in [0.3, 0.4) is 0 Å². The molecule has 0 unspecified atom stereocenters. The van der Waals surface area contributed by atoms with Gasteiger partial charge in [-0.25, -0.2) is 9.59 Å². The molecule has 0 spiro atoms. The zero-order valence-corrected chi connectivity index (χ0v) is 62.5. The number of nitrogens with one attached hydrogen (secondary N) is 2. The van der Waals surface area contributed by atoms with Gasteiger partial charge in [0.1, 0.15) is 43.5 Å². The van der Waals surface area contributed by atoms with Gasteiger partial charge in [0, 0.05) is 70.6 Å². The Labute approximate surface area is 610 Å². The van der Waals surface area contributed by atoms with Crippen LogP contribution in [0.4, 0.5) is 11.4 Å². The fourth-order valence-corrected chi connectivity index (χ4v) is 20.9. The number of nitrogens with two attached hydrogens (primary N) is 2. The first-order chi connectivity index (χ1) is 49.0. The number of carbonyl (C=O) groups excluding carboxylic acids is 8. The number of benzene rings is 4. The highest BCUT2D eigenvalue weighted by molar-refractivity contribution is 5.92. The van der Waals surface area contributed by atoms with E-state index in [1.807, 2.05) is 218 Å². The van der Waals surface area contributed by atoms with Gasteiger partial charge in [-0.2, -0.15) is 0 Å². The smallest absolute Gasteiger partial charge is 0.350 e. The number of hydrogen-bond donors (Lipinski definition) is 8. The van der Waals surface area contributed by atoms with Gasteiger partial charge >= 0.3 is 23.9 Å². The summed E-state index contributed by atoms with van der Waals surface area (Å²) >= 11 is 0. The van der Waals surface area contributed by atoms with Crippen molar-refractivity contribution in [3.8, 4) is 0 Å². The van der Waals surface area contributed by atoms with E-state index >= 15 is 4.79 Å². The maximum atomic E-state index is 15.1. The second-order valence-corrected chi connectivity index (χ2v) is 32.0. The number of hydrogen-bond acceptors (Lipinski definition) is 22. The molecule has 4 bridgehead atoms. The number of anilines is 2. The topological polar surface area (TPSA) is 349 Å². The van der Waals surface area contributed by atoms with E-state index in [-0.39, 0.29) is 43.2 Å². The lowest BCUT2D eigenvalue weighted by Gasteiger charge is -2.69. The number of esters is 4. The first-order valence-electron chi connectivity index (χ1n) is 36.1. The van der Waals surface area contributed by atoms with Crippen molar-refractivity contribution in [1.82, 2.24) is 0 Å². The summed E-state index contributed by atoms with van der Waals surface area (Å²) in [6.45, 7) is 31.2. The van der Waals surface area contributed by atoms with E-state index in [1.165, 1.54) is 0 Å². The number of fused-ring (bicyclic) bond motifs is 10. The van der Waals surface area contributed by atoms with Crippen LogP contribution in [0.5, 0.6) is 0 Å². The molecule has 104 heavy (non-hydrogen) atoms. The van der Waals surface area contributed by atoms with Gasteiger partial charge in [0.05, 0.1) is 78.7 Å². The standard InChI is InChI=1S/2C40H52N2O8.2CH2O/c1-22-27(49-36(46)33(50-30(44)20-41)32(25-14-10-8-11-15-25)42-26-16-12-9-13-17-26)19-40(47)24(3)34-38(6)21-48-29(38)18-28(43)39(34,7)35(45)23(2)31(22)37(40,4)5;1-22-27(49-36(46)33(44)32(25-14-10-8-11-15-25)42-26-16-12-9-13-17-26)19-40(47)24(3)34-38(6)21-48-28(38)18-29(50-30(43)20-41)39(34,7)35(45)23(2)31(22)37(40,4)5;2*1-2/h8-17,23-24,27-29,32-34,42-43,47H,18-21,41H2,1-7H3;8-17,23-24,27-29,32-34,42,44,47H,18-21,41H2,1-7H3;2*1H2/t23-,24+,27+,28+,29-,32+,33-,34-,38-,39-,40-;23-,24+,27+,28-,29+,32+,33-,34-,38-,39-,40-;;/m11../s1. The first-order valence-corrected chi connectivity index (χ1v) is 36.1. The molecule has 22 atom stereocenters. The summed E-state index contributed by atoms with van der Waals surface area (Å²) in [6, 6.07) is 35.3. The van der Waals surface area contributed by atoms with Crippen LogP contribution in [0.15, 0.2) is 144 Å². The Hall–Kier alpha value is -7.80. The fourth-order valence-electron chi connectivity index (χ4n) is 20.9. The molecular weight excluding hydrogens is 1330 g/mol. The van der Waals surface area contributed by atoms with Gasteiger partial charge < -0.3 is 80.5 Å². The molecule has 0 radical (unpaired) electrons. The minimum atomic E-state index is -1.59. The molecule has 12 rings (SSSR count). The predicted molar refractivity (Wildman–Crippen MR) is 389 cm³/mol. The molecule has 6 aliphatic carbocycles. The second kappa shape index (κ2) is 30.6. The van der Waals surface area contributed by atoms with Crippen LogP contribution >= 0.6 is 0 Å². The lowest BCUT2D eigenvalue weighted by atomic mass is 9.40. The minimum absolute atomic E-state index is 0.0487. The molecule has 0 aromatic heterocycles. The number of aliphatic hydroxyl groups excluding tert-OH is 2. The van der Waals surface area contributed by atoms with Gasteiger partial charge in [-0.15, -0.1) is 0 Å². The zero-order valence-electron chi connectivity index (χ0n) is 62.5. The Kier molecular flexibility index (Phi) is 23.6. The Balaban J connectivity index is 0.000000230. The Bertz CT molecular complexity index is 3850. The van der Waals surface area contributed by atoms with E-state index in [2.05, 4.69) is 24.5 Å². The fraction of sp³-hybridized carbons (Fsp3) is 0.561. The Morgan fingerprint density at radius 2 is 0.923 bits per heavy atom. The number of carbonyl (C=O) groups is 8. The van der Waals surface area contributed by atoms with E-state index < -0.39 is 158 Å². The highest BCUT2D eigenvalue weighted by Crippen LogP contribution is 2.70. The van der Waals surface area contributed by atoms with Crippen LogP contribution in [0.2, 0.25) is 0 Å². The van der Waals surface area contributed by atoms with Crippen molar-refractivity contribution in [2.24, 2.45) is 79.5 Å². The quantitative estimate of drug-likeness (QED) is 0.0294. The molecule has 2 heterocycles. The monoisotopic (exact) mass is 1440 g/mol. The summed E-state index contributed by atoms with van der Waals surface area (Å²) in [4.78, 5) is 99.7. The Morgan fingerprint density at radius 3 is 1.34 bits per heavy atom. The average molecular weight is 1440 g/mol. The van der Waals surface area contributed by atoms with Gasteiger partial charge in [0.2, 0.25) is 6.10 Å². The molecule has 4 aromatic carbocycles. The maximum Gasteiger partial charge on any atom is 0.350 e. The van der Waals surface area contributed by atoms with Crippen LogP contribution < -0.4 is 22.1 Å². The van der Waals surface area contributed by atoms with Crippen molar-refractivity contribution >= 4 is 60.4 Å². The van der Waals surface area contributed by atoms with E-state index in [0.29, 0.717) is 65.2 Å². The summed E-state index contributed by atoms with van der Waals surface area (Å²) in [5, 5.41) is 56.1. The number of ketones is 2. The number of aliphatic hydroxyl groups is 4. The molecule has 564 valence electrons. The average Bonchev–Trinajstić information content (AvgIpc) is 0.681. The summed E-state index contributed by atoms with van der Waals surface area (Å²) < 4.78 is 36.2. The second-order valence-electron chi connectivity index (χ2n) is 32.0. The van der Waals surface area contributed by atoms with E-state index in [9.17, 15) is 44.4 Å². The number of ether oxygens (including phenoxy) is 6. The minimum Gasteiger partial charge on any atom is -0.460 e. The predicted octanol–water partition coefficient (Wildman–Crippen LogP) is 9.12. The van der Waals surface area contributed by atoms with Gasteiger partial charge in [-0.05, 0) is 109 Å². The molecule has 10 N–H and O–H groups in total. The molecule has 8 aliphatic rings. The van der Waals surface area contributed by atoms with E-state index in [0.717, 1.165) is 5.69 Å². The number of rotatable bonds is 16. The third-order valence-electron chi connectivity index (χ3n) is 26.1. The van der Waals surface area contributed by atoms with Crippen LogP contribution in [-0.4, -0.2) is 156 Å². The normalized spacial score (nSPS) is 35.8. The van der Waals surface area contributed by atoms with Crippen molar-refractivity contribution < 1.29 is 87.2 Å². The molecule has 2 saturated heterocycles. The van der Waals surface area contributed by atoms with Crippen molar-refractivity contribution in [3.63, 3.8) is 0 Å². The summed E-state index contributed by atoms with van der Waals surface area (Å²) in [5.74, 6) is -6.48. The SMILES string of the molecule is C=O.C=O.CC1=C2[C@@H](C)C(=O)[C@@]3(C)[C@H]([C@H](C)[C@](O)(C[C@@H]1OC(=O)[C@H](OC(=O)CN)[C@@H](Nc1ccccc1)c1ccccc1)C2(C)C)[C@]1(C)CO[C@@H]1C[C@@H]3O.CC1=C2[C@@H](C)C(=O)[C@]3(C)[C@@H](OC(=O)CN)C[C@H]4OC[C@@]4(C)[C@H]3[C@H](C)[C@](O)(C[C@@H]1OC(=O)[C@H](O)[C@@H](Nc1ccccc1)c1ccccc1)C2(C)C. The lowest BCUT2D eigenvalue weighted by molar-refractivity contribution is -0.302. The highest BCUT2D eigenvalue weighted by Gasteiger charge is 2.75. The van der Waals surface area contributed by atoms with E-state index in [1.54, 1.807) is 0 Å². The molecule has 2 aliphatic heterocycles. The summed E-state index contributed by atoms with van der Waals surface area (Å²) in [6.07, 6.45) is -6.28. The molecule has 0 amide bonds. The van der Waals surface area contributed by atoms with Gasteiger partial charge in [0.25, 0.3) is 0 Å². The summed E-state index contributed by atoms with van der Waals surface area (Å²) in [7, 11) is 0. The number of Topliss-reactive ketones (excluding diaryl/α,β-unsaturated/α-hetero) is 2. The van der Waals surface area contributed by atoms with Gasteiger partial charge in [-0.3, -0.25) is 19.2 Å².